The van der Waals surface area contributed by atoms with Crippen molar-refractivity contribution in [3.63, 3.8) is 0 Å². The van der Waals surface area contributed by atoms with Crippen molar-refractivity contribution in [2.45, 2.75) is 12.8 Å². The first kappa shape index (κ1) is 19.1. The molecule has 2 saturated heterocycles. The van der Waals surface area contributed by atoms with Crippen LogP contribution in [-0.4, -0.2) is 65.0 Å². The van der Waals surface area contributed by atoms with E-state index in [1.54, 1.807) is 30.7 Å². The third-order valence-electron chi connectivity index (χ3n) is 5.73. The molecule has 0 bridgehead atoms. The number of piperidine rings is 1. The Kier molecular flexibility index (Phi) is 5.55. The van der Waals surface area contributed by atoms with Crippen LogP contribution in [0.25, 0.3) is 0 Å². The van der Waals surface area contributed by atoms with Crippen LogP contribution in [0.15, 0.2) is 42.9 Å². The first-order chi connectivity index (χ1) is 14.1. The molecule has 152 valence electrons. The highest BCUT2D eigenvalue weighted by Gasteiger charge is 2.30. The summed E-state index contributed by atoms with van der Waals surface area (Å²) >= 11 is 0. The highest BCUT2D eigenvalue weighted by Crippen LogP contribution is 2.25. The fourth-order valence-corrected chi connectivity index (χ4v) is 4.04. The molecule has 1 aromatic heterocycles. The third-order valence-corrected chi connectivity index (χ3v) is 5.73. The number of hydrogen-bond acceptors (Lipinski definition) is 7. The van der Waals surface area contributed by atoms with Crippen LogP contribution in [0.1, 0.15) is 12.8 Å². The first-order valence-electron chi connectivity index (χ1n) is 9.91. The normalized spacial score (nSPS) is 18.0. The second kappa shape index (κ2) is 8.42. The van der Waals surface area contributed by atoms with Crippen molar-refractivity contribution in [1.29, 1.82) is 0 Å². The average molecular weight is 396 g/mol. The number of rotatable bonds is 4. The Morgan fingerprint density at radius 3 is 2.24 bits per heavy atom. The van der Waals surface area contributed by atoms with E-state index in [-0.39, 0.29) is 17.5 Å². The smallest absolute Gasteiger partial charge is 0.269 e. The van der Waals surface area contributed by atoms with E-state index in [9.17, 15) is 14.9 Å². The molecular formula is C20H24N6O3. The quantitative estimate of drug-likeness (QED) is 0.576. The maximum Gasteiger partial charge on any atom is 0.269 e. The number of hydrogen-bond donors (Lipinski definition) is 0. The monoisotopic (exact) mass is 396 g/mol. The van der Waals surface area contributed by atoms with Crippen molar-refractivity contribution >= 4 is 23.1 Å². The van der Waals surface area contributed by atoms with Crippen molar-refractivity contribution < 1.29 is 9.72 Å². The van der Waals surface area contributed by atoms with Crippen LogP contribution < -0.4 is 9.80 Å². The SMILES string of the molecule is O=C(C1CCN(c2cnccn2)CC1)N1CCN(c2ccc([N+](=O)[O-])cc2)CC1. The van der Waals surface area contributed by atoms with Gasteiger partial charge in [-0.1, -0.05) is 0 Å². The number of nitrogens with zero attached hydrogens (tertiary/aromatic N) is 6. The number of aromatic nitrogens is 2. The highest BCUT2D eigenvalue weighted by molar-refractivity contribution is 5.79. The van der Waals surface area contributed by atoms with E-state index in [0.29, 0.717) is 13.1 Å². The minimum Gasteiger partial charge on any atom is -0.368 e. The zero-order valence-corrected chi connectivity index (χ0v) is 16.2. The largest absolute Gasteiger partial charge is 0.368 e. The topological polar surface area (TPSA) is 95.7 Å². The van der Waals surface area contributed by atoms with Crippen molar-refractivity contribution in [2.24, 2.45) is 5.92 Å². The molecule has 9 nitrogen and oxygen atoms in total. The lowest BCUT2D eigenvalue weighted by Crippen LogP contribution is -2.51. The fourth-order valence-electron chi connectivity index (χ4n) is 4.04. The molecule has 0 radical (unpaired) electrons. The lowest BCUT2D eigenvalue weighted by molar-refractivity contribution is -0.384. The Balaban J connectivity index is 1.28. The lowest BCUT2D eigenvalue weighted by Gasteiger charge is -2.39. The van der Waals surface area contributed by atoms with Gasteiger partial charge >= 0.3 is 0 Å². The van der Waals surface area contributed by atoms with Crippen molar-refractivity contribution in [2.75, 3.05) is 49.1 Å². The van der Waals surface area contributed by atoms with Gasteiger partial charge < -0.3 is 14.7 Å². The van der Waals surface area contributed by atoms with Crippen LogP contribution in [0.4, 0.5) is 17.2 Å². The van der Waals surface area contributed by atoms with Crippen LogP contribution in [0.3, 0.4) is 0 Å². The van der Waals surface area contributed by atoms with Gasteiger partial charge in [0, 0.05) is 75.4 Å². The van der Waals surface area contributed by atoms with Crippen LogP contribution >= 0.6 is 0 Å². The lowest BCUT2D eigenvalue weighted by atomic mass is 9.95. The van der Waals surface area contributed by atoms with Crippen molar-refractivity contribution in [3.8, 4) is 0 Å². The molecule has 3 heterocycles. The molecule has 1 amide bonds. The Labute approximate surface area is 169 Å². The van der Waals surface area contributed by atoms with E-state index in [1.807, 2.05) is 4.90 Å². The molecule has 2 fully saturated rings. The van der Waals surface area contributed by atoms with E-state index in [0.717, 1.165) is 50.5 Å². The molecule has 4 rings (SSSR count). The van der Waals surface area contributed by atoms with Crippen LogP contribution in [-0.2, 0) is 4.79 Å². The Hall–Kier alpha value is -3.23. The number of carbonyl (C=O) groups is 1. The molecule has 0 atom stereocenters. The van der Waals surface area contributed by atoms with Gasteiger partial charge in [0.1, 0.15) is 5.82 Å². The number of piperazine rings is 1. The van der Waals surface area contributed by atoms with Crippen molar-refractivity contribution in [1.82, 2.24) is 14.9 Å². The van der Waals surface area contributed by atoms with E-state index in [4.69, 9.17) is 0 Å². The summed E-state index contributed by atoms with van der Waals surface area (Å²) in [6.45, 7) is 4.47. The molecule has 2 aromatic rings. The number of amides is 1. The summed E-state index contributed by atoms with van der Waals surface area (Å²) in [6.07, 6.45) is 6.78. The van der Waals surface area contributed by atoms with Gasteiger partial charge in [-0.2, -0.15) is 0 Å². The zero-order chi connectivity index (χ0) is 20.2. The standard InChI is InChI=1S/C20H24N6O3/c27-20(16-5-9-24(10-6-16)19-15-21-7-8-22-19)25-13-11-23(12-14-25)17-1-3-18(4-2-17)26(28)29/h1-4,7-8,15-16H,5-6,9-14H2. The first-order valence-corrected chi connectivity index (χ1v) is 9.91. The summed E-state index contributed by atoms with van der Waals surface area (Å²) in [5, 5.41) is 10.8. The number of nitro groups is 1. The van der Waals surface area contributed by atoms with Gasteiger partial charge in [-0.05, 0) is 25.0 Å². The van der Waals surface area contributed by atoms with E-state index in [2.05, 4.69) is 19.8 Å². The zero-order valence-electron chi connectivity index (χ0n) is 16.2. The molecule has 0 aliphatic carbocycles. The number of nitro benzene ring substituents is 1. The summed E-state index contributed by atoms with van der Waals surface area (Å²) in [5.74, 6) is 1.18. The Morgan fingerprint density at radius 2 is 1.66 bits per heavy atom. The van der Waals surface area contributed by atoms with Gasteiger partial charge in [-0.15, -0.1) is 0 Å². The summed E-state index contributed by atoms with van der Waals surface area (Å²) in [7, 11) is 0. The molecule has 9 heteroatoms. The van der Waals surface area contributed by atoms with Crippen LogP contribution in [0.2, 0.25) is 0 Å². The molecule has 0 spiro atoms. The van der Waals surface area contributed by atoms with Gasteiger partial charge in [-0.25, -0.2) is 4.98 Å². The number of carbonyl (C=O) groups excluding carboxylic acids is 1. The predicted molar refractivity (Wildman–Crippen MR) is 109 cm³/mol. The Morgan fingerprint density at radius 1 is 0.966 bits per heavy atom. The van der Waals surface area contributed by atoms with Gasteiger partial charge in [0.15, 0.2) is 0 Å². The molecule has 0 saturated carbocycles. The number of non-ortho nitro benzene ring substituents is 1. The minimum atomic E-state index is -0.393. The summed E-state index contributed by atoms with van der Waals surface area (Å²) in [4.78, 5) is 38.1. The predicted octanol–water partition coefficient (Wildman–Crippen LogP) is 1.95. The second-order valence-corrected chi connectivity index (χ2v) is 7.41. The molecule has 0 unspecified atom stereocenters. The number of anilines is 2. The van der Waals surface area contributed by atoms with Crippen LogP contribution in [0.5, 0.6) is 0 Å². The fraction of sp³-hybridized carbons (Fsp3) is 0.450. The van der Waals surface area contributed by atoms with Gasteiger partial charge in [-0.3, -0.25) is 19.9 Å². The van der Waals surface area contributed by atoms with Gasteiger partial charge in [0.2, 0.25) is 5.91 Å². The minimum absolute atomic E-state index is 0.0637. The maximum absolute atomic E-state index is 12.9. The van der Waals surface area contributed by atoms with Crippen LogP contribution in [0, 0.1) is 16.0 Å². The molecule has 2 aliphatic rings. The van der Waals surface area contributed by atoms with Gasteiger partial charge in [0.25, 0.3) is 5.69 Å². The highest BCUT2D eigenvalue weighted by atomic mass is 16.6. The van der Waals surface area contributed by atoms with E-state index >= 15 is 0 Å². The summed E-state index contributed by atoms with van der Waals surface area (Å²) in [6, 6.07) is 6.60. The van der Waals surface area contributed by atoms with E-state index in [1.165, 1.54) is 12.1 Å². The molecular weight excluding hydrogens is 372 g/mol. The Bertz CT molecular complexity index is 844. The summed E-state index contributed by atoms with van der Waals surface area (Å²) in [5.41, 5.74) is 1.05. The molecule has 0 N–H and O–H groups in total. The second-order valence-electron chi connectivity index (χ2n) is 7.41. The molecule has 29 heavy (non-hydrogen) atoms. The molecule has 2 aliphatic heterocycles. The van der Waals surface area contributed by atoms with Crippen molar-refractivity contribution in [3.05, 3.63) is 53.0 Å². The third kappa shape index (κ3) is 4.28. The molecule has 1 aromatic carbocycles. The number of benzene rings is 1. The average Bonchev–Trinajstić information content (AvgIpc) is 2.79. The van der Waals surface area contributed by atoms with Gasteiger partial charge in [0.05, 0.1) is 11.1 Å². The maximum atomic E-state index is 12.9. The van der Waals surface area contributed by atoms with E-state index < -0.39 is 4.92 Å². The summed E-state index contributed by atoms with van der Waals surface area (Å²) < 4.78 is 0.